The number of benzene rings is 2. The van der Waals surface area contributed by atoms with Crippen LogP contribution in [0.15, 0.2) is 55.1 Å². The number of hydrogen-bond acceptors (Lipinski definition) is 1. The maximum Gasteiger partial charge on any atom is 0.123 e. The Morgan fingerprint density at radius 2 is 1.65 bits per heavy atom. The Morgan fingerprint density at radius 1 is 1.00 bits per heavy atom. The summed E-state index contributed by atoms with van der Waals surface area (Å²) in [6.45, 7) is 4.12. The quantitative estimate of drug-likeness (QED) is 0.767. The summed E-state index contributed by atoms with van der Waals surface area (Å²) in [4.78, 5) is 0. The molecule has 1 nitrogen and oxygen atoms in total. The third-order valence-corrected chi connectivity index (χ3v) is 2.43. The zero-order valence-corrected chi connectivity index (χ0v) is 9.40. The Hall–Kier alpha value is -2.09. The van der Waals surface area contributed by atoms with Crippen molar-refractivity contribution in [2.45, 2.75) is 6.61 Å². The van der Waals surface area contributed by atoms with Crippen molar-refractivity contribution in [2.75, 3.05) is 0 Å². The zero-order valence-electron chi connectivity index (χ0n) is 9.40. The van der Waals surface area contributed by atoms with Crippen molar-refractivity contribution < 1.29 is 9.13 Å². The zero-order chi connectivity index (χ0) is 12.1. The molecule has 2 aromatic carbocycles. The van der Waals surface area contributed by atoms with Crippen LogP contribution in [-0.2, 0) is 6.61 Å². The molecule has 0 aliphatic heterocycles. The molecular formula is C15H13FO. The van der Waals surface area contributed by atoms with Crippen LogP contribution in [0.25, 0.3) is 6.08 Å². The van der Waals surface area contributed by atoms with Crippen LogP contribution in [0.5, 0.6) is 5.75 Å². The van der Waals surface area contributed by atoms with Crippen molar-refractivity contribution in [2.24, 2.45) is 0 Å². The van der Waals surface area contributed by atoms with Crippen molar-refractivity contribution in [3.63, 3.8) is 0 Å². The van der Waals surface area contributed by atoms with E-state index in [2.05, 4.69) is 6.58 Å². The number of hydrogen-bond donors (Lipinski definition) is 0. The number of halogens is 1. The first-order valence-electron chi connectivity index (χ1n) is 5.37. The van der Waals surface area contributed by atoms with Gasteiger partial charge in [-0.1, -0.05) is 36.9 Å². The molecule has 17 heavy (non-hydrogen) atoms. The van der Waals surface area contributed by atoms with Crippen LogP contribution < -0.4 is 4.74 Å². The van der Waals surface area contributed by atoms with Gasteiger partial charge in [-0.3, -0.25) is 0 Å². The maximum absolute atomic E-state index is 12.7. The molecule has 0 spiro atoms. The molecule has 0 N–H and O–H groups in total. The van der Waals surface area contributed by atoms with Crippen LogP contribution in [0.1, 0.15) is 11.1 Å². The van der Waals surface area contributed by atoms with Crippen LogP contribution in [-0.4, -0.2) is 0 Å². The summed E-state index contributed by atoms with van der Waals surface area (Å²) in [6.07, 6.45) is 1.78. The second-order valence-corrected chi connectivity index (χ2v) is 3.69. The minimum atomic E-state index is -0.232. The van der Waals surface area contributed by atoms with Crippen molar-refractivity contribution in [3.8, 4) is 5.75 Å². The van der Waals surface area contributed by atoms with Gasteiger partial charge in [0.25, 0.3) is 0 Å². The van der Waals surface area contributed by atoms with Gasteiger partial charge in [0.1, 0.15) is 18.2 Å². The Labute approximate surface area is 100 Å². The number of ether oxygens (including phenoxy) is 1. The highest BCUT2D eigenvalue weighted by atomic mass is 19.1. The van der Waals surface area contributed by atoms with Crippen molar-refractivity contribution in [3.05, 3.63) is 72.1 Å². The lowest BCUT2D eigenvalue weighted by molar-refractivity contribution is 0.306. The molecule has 0 heterocycles. The summed E-state index contributed by atoms with van der Waals surface area (Å²) in [5.74, 6) is 0.559. The molecule has 0 unspecified atom stereocenters. The third-order valence-electron chi connectivity index (χ3n) is 2.43. The summed E-state index contributed by atoms with van der Waals surface area (Å²) in [6, 6.07) is 13.9. The minimum absolute atomic E-state index is 0.232. The summed E-state index contributed by atoms with van der Waals surface area (Å²) >= 11 is 0. The first-order chi connectivity index (χ1) is 8.28. The highest BCUT2D eigenvalue weighted by molar-refractivity contribution is 5.48. The largest absolute Gasteiger partial charge is 0.489 e. The molecule has 2 aromatic rings. The van der Waals surface area contributed by atoms with Crippen molar-refractivity contribution >= 4 is 6.08 Å². The molecule has 0 saturated carbocycles. The summed E-state index contributed by atoms with van der Waals surface area (Å²) in [5.41, 5.74) is 2.00. The van der Waals surface area contributed by atoms with Gasteiger partial charge in [-0.2, -0.15) is 0 Å². The van der Waals surface area contributed by atoms with Gasteiger partial charge in [-0.15, -0.1) is 0 Å². The molecule has 2 heteroatoms. The fourth-order valence-corrected chi connectivity index (χ4v) is 1.45. The Bertz CT molecular complexity index is 485. The van der Waals surface area contributed by atoms with Crippen molar-refractivity contribution in [1.29, 1.82) is 0 Å². The first-order valence-corrected chi connectivity index (χ1v) is 5.37. The van der Waals surface area contributed by atoms with Crippen LogP contribution >= 0.6 is 0 Å². The molecule has 0 radical (unpaired) electrons. The Morgan fingerprint density at radius 3 is 2.24 bits per heavy atom. The van der Waals surface area contributed by atoms with Gasteiger partial charge in [0.15, 0.2) is 0 Å². The van der Waals surface area contributed by atoms with Crippen LogP contribution in [0.4, 0.5) is 4.39 Å². The van der Waals surface area contributed by atoms with E-state index in [9.17, 15) is 4.39 Å². The molecule has 0 fully saturated rings. The van der Waals surface area contributed by atoms with Crippen LogP contribution in [0.3, 0.4) is 0 Å². The molecule has 0 aromatic heterocycles. The summed E-state index contributed by atoms with van der Waals surface area (Å²) in [5, 5.41) is 0. The fraction of sp³-hybridized carbons (Fsp3) is 0.0667. The van der Waals surface area contributed by atoms with Gasteiger partial charge in [0.05, 0.1) is 0 Å². The molecule has 0 amide bonds. The van der Waals surface area contributed by atoms with Crippen LogP contribution in [0.2, 0.25) is 0 Å². The molecule has 2 rings (SSSR count). The molecule has 0 aliphatic carbocycles. The van der Waals surface area contributed by atoms with Crippen molar-refractivity contribution in [1.82, 2.24) is 0 Å². The first kappa shape index (κ1) is 11.4. The predicted molar refractivity (Wildman–Crippen MR) is 67.3 cm³/mol. The van der Waals surface area contributed by atoms with E-state index < -0.39 is 0 Å². The van der Waals surface area contributed by atoms with E-state index in [1.165, 1.54) is 12.1 Å². The minimum Gasteiger partial charge on any atom is -0.489 e. The van der Waals surface area contributed by atoms with E-state index >= 15 is 0 Å². The lowest BCUT2D eigenvalue weighted by atomic mass is 10.2. The highest BCUT2D eigenvalue weighted by Gasteiger charge is 1.96. The standard InChI is InChI=1S/C15H13FO/c1-2-12-5-9-15(10-6-12)17-11-13-3-7-14(16)8-4-13/h2-10H,1,11H2. The normalized spacial score (nSPS) is 9.94. The second-order valence-electron chi connectivity index (χ2n) is 3.69. The van der Waals surface area contributed by atoms with Gasteiger partial charge in [-0.25, -0.2) is 4.39 Å². The SMILES string of the molecule is C=Cc1ccc(OCc2ccc(F)cc2)cc1. The highest BCUT2D eigenvalue weighted by Crippen LogP contribution is 2.14. The lowest BCUT2D eigenvalue weighted by Crippen LogP contribution is -1.95. The van der Waals surface area contributed by atoms with E-state index in [4.69, 9.17) is 4.74 Å². The second kappa shape index (κ2) is 5.30. The van der Waals surface area contributed by atoms with Crippen LogP contribution in [0, 0.1) is 5.82 Å². The van der Waals surface area contributed by atoms with E-state index in [-0.39, 0.29) is 5.82 Å². The molecule has 86 valence electrons. The molecule has 0 aliphatic rings. The Kier molecular flexibility index (Phi) is 3.55. The summed E-state index contributed by atoms with van der Waals surface area (Å²) in [7, 11) is 0. The molecule has 0 bridgehead atoms. The van der Waals surface area contributed by atoms with Gasteiger partial charge in [0, 0.05) is 0 Å². The van der Waals surface area contributed by atoms with E-state index in [0.717, 1.165) is 16.9 Å². The Balaban J connectivity index is 1.97. The van der Waals surface area contributed by atoms with E-state index in [1.54, 1.807) is 18.2 Å². The molecule has 0 saturated heterocycles. The van der Waals surface area contributed by atoms with Gasteiger partial charge < -0.3 is 4.74 Å². The smallest absolute Gasteiger partial charge is 0.123 e. The van der Waals surface area contributed by atoms with Gasteiger partial charge in [-0.05, 0) is 35.4 Å². The average Bonchev–Trinajstić information content (AvgIpc) is 2.39. The maximum atomic E-state index is 12.7. The van der Waals surface area contributed by atoms with Gasteiger partial charge >= 0.3 is 0 Å². The third kappa shape index (κ3) is 3.18. The topological polar surface area (TPSA) is 9.23 Å². The molecule has 0 atom stereocenters. The fourth-order valence-electron chi connectivity index (χ4n) is 1.45. The average molecular weight is 228 g/mol. The summed E-state index contributed by atoms with van der Waals surface area (Å²) < 4.78 is 18.3. The lowest BCUT2D eigenvalue weighted by Gasteiger charge is -2.06. The van der Waals surface area contributed by atoms with E-state index in [1.807, 2.05) is 24.3 Å². The number of rotatable bonds is 4. The molecular weight excluding hydrogens is 215 g/mol. The predicted octanol–water partition coefficient (Wildman–Crippen LogP) is 4.05. The monoisotopic (exact) mass is 228 g/mol. The van der Waals surface area contributed by atoms with Gasteiger partial charge in [0.2, 0.25) is 0 Å². The van der Waals surface area contributed by atoms with E-state index in [0.29, 0.717) is 6.61 Å².